The molecule has 0 amide bonds. The minimum Gasteiger partial charge on any atom is -0.481 e. The van der Waals surface area contributed by atoms with Crippen molar-refractivity contribution in [2.24, 2.45) is 0 Å². The van der Waals surface area contributed by atoms with Crippen molar-refractivity contribution >= 4 is 5.90 Å². The smallest absolute Gasteiger partial charge is 0.188 e. The van der Waals surface area contributed by atoms with E-state index in [-0.39, 0.29) is 5.92 Å². The summed E-state index contributed by atoms with van der Waals surface area (Å²) in [7, 11) is 0. The quantitative estimate of drug-likeness (QED) is 0.563. The third-order valence-corrected chi connectivity index (χ3v) is 2.75. The molecule has 2 heteroatoms. The number of benzene rings is 1. The fourth-order valence-corrected chi connectivity index (χ4v) is 2.09. The van der Waals surface area contributed by atoms with E-state index in [4.69, 9.17) is 10.1 Å². The predicted octanol–water partition coefficient (Wildman–Crippen LogP) is 2.73. The number of hydrogen-bond acceptors (Lipinski definition) is 2. The highest BCUT2D eigenvalue weighted by atomic mass is 16.5. The SMILES string of the molecule is CCOC(=N)C1CCc2ccccc21. The molecule has 0 radical (unpaired) electrons. The highest BCUT2D eigenvalue weighted by Gasteiger charge is 2.26. The Morgan fingerprint density at radius 1 is 1.50 bits per heavy atom. The molecule has 1 unspecified atom stereocenters. The Balaban J connectivity index is 2.21. The van der Waals surface area contributed by atoms with E-state index in [9.17, 15) is 0 Å². The summed E-state index contributed by atoms with van der Waals surface area (Å²) >= 11 is 0. The molecule has 0 aromatic heterocycles. The molecule has 1 aliphatic carbocycles. The Bertz CT molecular complexity index is 346. The van der Waals surface area contributed by atoms with Crippen molar-refractivity contribution < 1.29 is 4.74 Å². The Morgan fingerprint density at radius 2 is 2.29 bits per heavy atom. The zero-order valence-corrected chi connectivity index (χ0v) is 8.42. The van der Waals surface area contributed by atoms with Crippen molar-refractivity contribution in [3.8, 4) is 0 Å². The largest absolute Gasteiger partial charge is 0.481 e. The van der Waals surface area contributed by atoms with E-state index < -0.39 is 0 Å². The molecule has 14 heavy (non-hydrogen) atoms. The van der Waals surface area contributed by atoms with E-state index in [0.717, 1.165) is 12.8 Å². The standard InChI is InChI=1S/C12H15NO/c1-2-14-12(13)11-8-7-9-5-3-4-6-10(9)11/h3-6,11,13H,2,7-8H2,1H3. The van der Waals surface area contributed by atoms with Crippen molar-refractivity contribution in [1.29, 1.82) is 5.41 Å². The summed E-state index contributed by atoms with van der Waals surface area (Å²) in [5.74, 6) is 0.628. The first kappa shape index (κ1) is 9.25. The number of aryl methyl sites for hydroxylation is 1. The summed E-state index contributed by atoms with van der Waals surface area (Å²) in [6, 6.07) is 8.36. The fraction of sp³-hybridized carbons (Fsp3) is 0.417. The molecule has 74 valence electrons. The van der Waals surface area contributed by atoms with Crippen LogP contribution in [0.1, 0.15) is 30.4 Å². The lowest BCUT2D eigenvalue weighted by molar-refractivity contribution is 0.307. The highest BCUT2D eigenvalue weighted by Crippen LogP contribution is 2.33. The third kappa shape index (κ3) is 1.52. The minimum atomic E-state index is 0.200. The van der Waals surface area contributed by atoms with Crippen molar-refractivity contribution in [2.45, 2.75) is 25.7 Å². The second-order valence-electron chi connectivity index (χ2n) is 3.59. The second-order valence-corrected chi connectivity index (χ2v) is 3.59. The third-order valence-electron chi connectivity index (χ3n) is 2.75. The zero-order chi connectivity index (χ0) is 9.97. The first-order chi connectivity index (χ1) is 6.83. The van der Waals surface area contributed by atoms with Crippen LogP contribution in [-0.4, -0.2) is 12.5 Å². The molecule has 1 aromatic carbocycles. The van der Waals surface area contributed by atoms with Crippen molar-refractivity contribution in [3.63, 3.8) is 0 Å². The highest BCUT2D eigenvalue weighted by molar-refractivity contribution is 5.82. The van der Waals surface area contributed by atoms with Crippen LogP contribution < -0.4 is 0 Å². The van der Waals surface area contributed by atoms with Gasteiger partial charge in [-0.3, -0.25) is 5.41 Å². The van der Waals surface area contributed by atoms with Crippen LogP contribution in [0.25, 0.3) is 0 Å². The Kier molecular flexibility index (Phi) is 2.53. The van der Waals surface area contributed by atoms with Gasteiger partial charge in [-0.1, -0.05) is 24.3 Å². The van der Waals surface area contributed by atoms with Gasteiger partial charge < -0.3 is 4.74 Å². The predicted molar refractivity (Wildman–Crippen MR) is 56.9 cm³/mol. The van der Waals surface area contributed by atoms with Gasteiger partial charge >= 0.3 is 0 Å². The van der Waals surface area contributed by atoms with Gasteiger partial charge in [0.15, 0.2) is 5.90 Å². The lowest BCUT2D eigenvalue weighted by atomic mass is 10.0. The molecule has 0 bridgehead atoms. The molecule has 0 aliphatic heterocycles. The van der Waals surface area contributed by atoms with Gasteiger partial charge in [-0.15, -0.1) is 0 Å². The summed E-state index contributed by atoms with van der Waals surface area (Å²) in [4.78, 5) is 0. The first-order valence-electron chi connectivity index (χ1n) is 5.12. The van der Waals surface area contributed by atoms with E-state index >= 15 is 0 Å². The van der Waals surface area contributed by atoms with Gasteiger partial charge in [0.1, 0.15) is 0 Å². The summed E-state index contributed by atoms with van der Waals surface area (Å²) in [5, 5.41) is 7.79. The fourth-order valence-electron chi connectivity index (χ4n) is 2.09. The van der Waals surface area contributed by atoms with Crippen LogP contribution in [-0.2, 0) is 11.2 Å². The van der Waals surface area contributed by atoms with Gasteiger partial charge in [0, 0.05) is 0 Å². The van der Waals surface area contributed by atoms with Gasteiger partial charge in [-0.2, -0.15) is 0 Å². The lowest BCUT2D eigenvalue weighted by Crippen LogP contribution is -2.12. The molecule has 0 saturated carbocycles. The number of ether oxygens (including phenoxy) is 1. The zero-order valence-electron chi connectivity index (χ0n) is 8.42. The number of hydrogen-bond donors (Lipinski definition) is 1. The molecule has 0 saturated heterocycles. The van der Waals surface area contributed by atoms with Crippen LogP contribution in [0.3, 0.4) is 0 Å². The molecule has 2 nitrogen and oxygen atoms in total. The van der Waals surface area contributed by atoms with Crippen LogP contribution in [0.5, 0.6) is 0 Å². The van der Waals surface area contributed by atoms with Crippen LogP contribution >= 0.6 is 0 Å². The molecular weight excluding hydrogens is 174 g/mol. The maximum atomic E-state index is 7.79. The van der Waals surface area contributed by atoms with Crippen LogP contribution in [0.4, 0.5) is 0 Å². The van der Waals surface area contributed by atoms with Crippen LogP contribution in [0.15, 0.2) is 24.3 Å². The normalized spacial score (nSPS) is 19.1. The molecule has 2 rings (SSSR count). The average molecular weight is 189 g/mol. The molecule has 0 heterocycles. The first-order valence-corrected chi connectivity index (χ1v) is 5.12. The van der Waals surface area contributed by atoms with Gasteiger partial charge in [0.2, 0.25) is 0 Å². The molecule has 1 atom stereocenters. The van der Waals surface area contributed by atoms with E-state index in [2.05, 4.69) is 18.2 Å². The monoisotopic (exact) mass is 189 g/mol. The van der Waals surface area contributed by atoms with Crippen LogP contribution in [0.2, 0.25) is 0 Å². The van der Waals surface area contributed by atoms with Gasteiger partial charge in [-0.25, -0.2) is 0 Å². The van der Waals surface area contributed by atoms with Crippen molar-refractivity contribution in [3.05, 3.63) is 35.4 Å². The van der Waals surface area contributed by atoms with E-state index in [1.807, 2.05) is 13.0 Å². The average Bonchev–Trinajstić information content (AvgIpc) is 2.61. The lowest BCUT2D eigenvalue weighted by Gasteiger charge is -2.12. The van der Waals surface area contributed by atoms with Crippen molar-refractivity contribution in [2.75, 3.05) is 6.61 Å². The number of nitrogens with one attached hydrogen (secondary N) is 1. The van der Waals surface area contributed by atoms with Crippen LogP contribution in [0, 0.1) is 5.41 Å². The molecule has 1 N–H and O–H groups in total. The summed E-state index contributed by atoms with van der Waals surface area (Å²) in [5.41, 5.74) is 2.66. The molecule has 0 spiro atoms. The van der Waals surface area contributed by atoms with E-state index in [1.54, 1.807) is 0 Å². The topological polar surface area (TPSA) is 33.1 Å². The van der Waals surface area contributed by atoms with E-state index in [1.165, 1.54) is 11.1 Å². The Labute approximate surface area is 84.4 Å². The van der Waals surface area contributed by atoms with E-state index in [0.29, 0.717) is 12.5 Å². The number of fused-ring (bicyclic) bond motifs is 1. The number of rotatable bonds is 2. The molecule has 1 aromatic rings. The van der Waals surface area contributed by atoms with Crippen molar-refractivity contribution in [1.82, 2.24) is 0 Å². The van der Waals surface area contributed by atoms with Gasteiger partial charge in [0.25, 0.3) is 0 Å². The van der Waals surface area contributed by atoms with Gasteiger partial charge in [-0.05, 0) is 30.9 Å². The van der Waals surface area contributed by atoms with Gasteiger partial charge in [0.05, 0.1) is 12.5 Å². The maximum absolute atomic E-state index is 7.79. The second kappa shape index (κ2) is 3.82. The molecule has 1 aliphatic rings. The summed E-state index contributed by atoms with van der Waals surface area (Å²) in [6.07, 6.45) is 2.11. The molecular formula is C12H15NO. The Morgan fingerprint density at radius 3 is 3.07 bits per heavy atom. The summed E-state index contributed by atoms with van der Waals surface area (Å²) in [6.45, 7) is 2.52. The maximum Gasteiger partial charge on any atom is 0.188 e. The summed E-state index contributed by atoms with van der Waals surface area (Å²) < 4.78 is 5.27. The molecule has 0 fully saturated rings. The minimum absolute atomic E-state index is 0.200. The Hall–Kier alpha value is -1.31.